The third-order valence-electron chi connectivity index (χ3n) is 2.93. The van der Waals surface area contributed by atoms with E-state index in [1.807, 2.05) is 6.07 Å². The van der Waals surface area contributed by atoms with E-state index in [2.05, 4.69) is 0 Å². The number of aryl methyl sites for hydroxylation is 1. The lowest BCUT2D eigenvalue weighted by Crippen LogP contribution is -2.27. The van der Waals surface area contributed by atoms with Gasteiger partial charge in [0.05, 0.1) is 5.02 Å². The molecule has 6 heteroatoms. The standard InChI is InChI=1S/C14H14ClNO4/c1-8-9-5-4-6-10(15)13(9)20-12(8)14(18)19-7-11(17)16(2)3/h4-6H,7H2,1-3H3. The molecular formula is C14H14ClNO4. The van der Waals surface area contributed by atoms with Gasteiger partial charge in [-0.3, -0.25) is 4.79 Å². The maximum atomic E-state index is 11.9. The van der Waals surface area contributed by atoms with E-state index in [-0.39, 0.29) is 18.3 Å². The molecule has 0 fully saturated rings. The molecule has 106 valence electrons. The molecule has 1 aromatic carbocycles. The van der Waals surface area contributed by atoms with E-state index in [0.717, 1.165) is 5.39 Å². The number of carbonyl (C=O) groups is 2. The molecule has 1 heterocycles. The first-order chi connectivity index (χ1) is 9.41. The quantitative estimate of drug-likeness (QED) is 0.817. The van der Waals surface area contributed by atoms with Crippen molar-refractivity contribution in [3.05, 3.63) is 34.5 Å². The van der Waals surface area contributed by atoms with E-state index in [1.54, 1.807) is 33.2 Å². The van der Waals surface area contributed by atoms with Gasteiger partial charge in [0, 0.05) is 25.0 Å². The highest BCUT2D eigenvalue weighted by atomic mass is 35.5. The molecule has 0 saturated heterocycles. The summed E-state index contributed by atoms with van der Waals surface area (Å²) in [5.74, 6) is -0.908. The SMILES string of the molecule is Cc1c(C(=O)OCC(=O)N(C)C)oc2c(Cl)cccc12. The van der Waals surface area contributed by atoms with E-state index >= 15 is 0 Å². The Labute approximate surface area is 121 Å². The van der Waals surface area contributed by atoms with Crippen LogP contribution in [0.25, 0.3) is 11.0 Å². The van der Waals surface area contributed by atoms with Gasteiger partial charge < -0.3 is 14.1 Å². The second kappa shape index (κ2) is 5.54. The maximum absolute atomic E-state index is 11.9. The van der Waals surface area contributed by atoms with Gasteiger partial charge in [-0.05, 0) is 13.0 Å². The summed E-state index contributed by atoms with van der Waals surface area (Å²) < 4.78 is 10.4. The first-order valence-electron chi connectivity index (χ1n) is 5.96. The van der Waals surface area contributed by atoms with E-state index in [9.17, 15) is 9.59 Å². The highest BCUT2D eigenvalue weighted by Gasteiger charge is 2.21. The van der Waals surface area contributed by atoms with Crippen molar-refractivity contribution in [2.75, 3.05) is 20.7 Å². The van der Waals surface area contributed by atoms with Crippen LogP contribution in [0.3, 0.4) is 0 Å². The van der Waals surface area contributed by atoms with Crippen LogP contribution in [-0.2, 0) is 9.53 Å². The fourth-order valence-corrected chi connectivity index (χ4v) is 1.94. The van der Waals surface area contributed by atoms with Crippen LogP contribution in [0.5, 0.6) is 0 Å². The number of likely N-dealkylation sites (N-methyl/N-ethyl adjacent to an activating group) is 1. The van der Waals surface area contributed by atoms with Gasteiger partial charge in [-0.1, -0.05) is 23.7 Å². The first kappa shape index (κ1) is 14.4. The number of benzene rings is 1. The Bertz CT molecular complexity index is 675. The zero-order chi connectivity index (χ0) is 14.9. The number of amides is 1. The minimum Gasteiger partial charge on any atom is -0.450 e. The van der Waals surface area contributed by atoms with Gasteiger partial charge in [0.25, 0.3) is 5.91 Å². The monoisotopic (exact) mass is 295 g/mol. The Morgan fingerprint density at radius 1 is 1.35 bits per heavy atom. The van der Waals surface area contributed by atoms with Crippen LogP contribution < -0.4 is 0 Å². The topological polar surface area (TPSA) is 59.8 Å². The number of hydrogen-bond donors (Lipinski definition) is 0. The molecule has 0 N–H and O–H groups in total. The molecule has 2 rings (SSSR count). The number of furan rings is 1. The highest BCUT2D eigenvalue weighted by Crippen LogP contribution is 2.30. The minimum absolute atomic E-state index is 0.0691. The number of fused-ring (bicyclic) bond motifs is 1. The predicted molar refractivity (Wildman–Crippen MR) is 74.9 cm³/mol. The van der Waals surface area contributed by atoms with Crippen molar-refractivity contribution in [3.63, 3.8) is 0 Å². The van der Waals surface area contributed by atoms with Gasteiger partial charge in [-0.2, -0.15) is 0 Å². The van der Waals surface area contributed by atoms with Crippen molar-refractivity contribution in [1.29, 1.82) is 0 Å². The van der Waals surface area contributed by atoms with Crippen LogP contribution in [0, 0.1) is 6.92 Å². The van der Waals surface area contributed by atoms with Crippen LogP contribution in [0.15, 0.2) is 22.6 Å². The average Bonchev–Trinajstić information content (AvgIpc) is 2.75. The summed E-state index contributed by atoms with van der Waals surface area (Å²) >= 11 is 6.01. The molecule has 0 aliphatic carbocycles. The number of rotatable bonds is 3. The fraction of sp³-hybridized carbons (Fsp3) is 0.286. The predicted octanol–water partition coefficient (Wildman–Crippen LogP) is 2.64. The van der Waals surface area contributed by atoms with Crippen LogP contribution in [0.4, 0.5) is 0 Å². The van der Waals surface area contributed by atoms with E-state index in [0.29, 0.717) is 16.2 Å². The molecule has 0 aliphatic rings. The summed E-state index contributed by atoms with van der Waals surface area (Å²) in [5, 5.41) is 1.18. The maximum Gasteiger partial charge on any atom is 0.375 e. The normalized spacial score (nSPS) is 10.6. The van der Waals surface area contributed by atoms with Gasteiger partial charge in [-0.15, -0.1) is 0 Å². The lowest BCUT2D eigenvalue weighted by atomic mass is 10.1. The lowest BCUT2D eigenvalue weighted by molar-refractivity contribution is -0.132. The lowest BCUT2D eigenvalue weighted by Gasteiger charge is -2.09. The summed E-state index contributed by atoms with van der Waals surface area (Å²) in [6.45, 7) is 1.42. The molecule has 0 spiro atoms. The second-order valence-corrected chi connectivity index (χ2v) is 4.94. The van der Waals surface area contributed by atoms with Crippen LogP contribution in [-0.4, -0.2) is 37.5 Å². The Balaban J connectivity index is 2.25. The number of hydrogen-bond acceptors (Lipinski definition) is 4. The van der Waals surface area contributed by atoms with Crippen molar-refractivity contribution in [3.8, 4) is 0 Å². The smallest absolute Gasteiger partial charge is 0.375 e. The first-order valence-corrected chi connectivity index (χ1v) is 6.34. The van der Waals surface area contributed by atoms with Gasteiger partial charge in [-0.25, -0.2) is 4.79 Å². The molecule has 0 saturated carbocycles. The average molecular weight is 296 g/mol. The zero-order valence-electron chi connectivity index (χ0n) is 11.4. The largest absolute Gasteiger partial charge is 0.450 e. The van der Waals surface area contributed by atoms with Crippen molar-refractivity contribution in [1.82, 2.24) is 4.90 Å². The molecule has 0 unspecified atom stereocenters. The van der Waals surface area contributed by atoms with E-state index in [1.165, 1.54) is 4.90 Å². The van der Waals surface area contributed by atoms with Crippen molar-refractivity contribution in [2.24, 2.45) is 0 Å². The van der Waals surface area contributed by atoms with Crippen molar-refractivity contribution >= 4 is 34.4 Å². The van der Waals surface area contributed by atoms with Crippen LogP contribution in [0.2, 0.25) is 5.02 Å². The Hall–Kier alpha value is -2.01. The van der Waals surface area contributed by atoms with Crippen LogP contribution >= 0.6 is 11.6 Å². The second-order valence-electron chi connectivity index (χ2n) is 4.54. The molecule has 0 radical (unpaired) electrons. The third-order valence-corrected chi connectivity index (χ3v) is 3.22. The summed E-state index contributed by atoms with van der Waals surface area (Å²) in [6, 6.07) is 5.26. The minimum atomic E-state index is -0.676. The number of ether oxygens (including phenoxy) is 1. The molecule has 0 atom stereocenters. The van der Waals surface area contributed by atoms with Gasteiger partial charge in [0.15, 0.2) is 12.2 Å². The highest BCUT2D eigenvalue weighted by molar-refractivity contribution is 6.35. The summed E-state index contributed by atoms with van der Waals surface area (Å²) in [5.41, 5.74) is 1.09. The van der Waals surface area contributed by atoms with Gasteiger partial charge in [0.2, 0.25) is 5.76 Å². The molecule has 20 heavy (non-hydrogen) atoms. The molecule has 5 nitrogen and oxygen atoms in total. The molecule has 0 aliphatic heterocycles. The van der Waals surface area contributed by atoms with Gasteiger partial charge >= 0.3 is 5.97 Å². The third kappa shape index (κ3) is 2.63. The number of para-hydroxylation sites is 1. The molecule has 0 bridgehead atoms. The fourth-order valence-electron chi connectivity index (χ4n) is 1.73. The molecule has 1 aromatic heterocycles. The summed E-state index contributed by atoms with van der Waals surface area (Å²) in [7, 11) is 3.17. The number of esters is 1. The van der Waals surface area contributed by atoms with Gasteiger partial charge in [0.1, 0.15) is 0 Å². The zero-order valence-corrected chi connectivity index (χ0v) is 12.2. The molecule has 2 aromatic rings. The van der Waals surface area contributed by atoms with Crippen molar-refractivity contribution < 1.29 is 18.7 Å². The Morgan fingerprint density at radius 3 is 2.65 bits per heavy atom. The van der Waals surface area contributed by atoms with E-state index < -0.39 is 5.97 Å². The van der Waals surface area contributed by atoms with Crippen molar-refractivity contribution in [2.45, 2.75) is 6.92 Å². The Kier molecular flexibility index (Phi) is 3.99. The molecular weight excluding hydrogens is 282 g/mol. The number of carbonyl (C=O) groups excluding carboxylic acids is 2. The number of nitrogens with zero attached hydrogens (tertiary/aromatic N) is 1. The summed E-state index contributed by atoms with van der Waals surface area (Å²) in [4.78, 5) is 24.7. The molecule has 1 amide bonds. The summed E-state index contributed by atoms with van der Waals surface area (Å²) in [6.07, 6.45) is 0. The van der Waals surface area contributed by atoms with E-state index in [4.69, 9.17) is 20.8 Å². The van der Waals surface area contributed by atoms with Crippen LogP contribution in [0.1, 0.15) is 16.1 Å². The Morgan fingerprint density at radius 2 is 2.05 bits per heavy atom. The number of halogens is 1.